The molecule has 0 amide bonds. The summed E-state index contributed by atoms with van der Waals surface area (Å²) in [6, 6.07) is 4.51. The molecule has 20 heavy (non-hydrogen) atoms. The first kappa shape index (κ1) is 15.3. The van der Waals surface area contributed by atoms with Crippen molar-refractivity contribution < 1.29 is 0 Å². The zero-order valence-electron chi connectivity index (χ0n) is 12.8. The summed E-state index contributed by atoms with van der Waals surface area (Å²) in [5, 5.41) is 0. The van der Waals surface area contributed by atoms with Crippen molar-refractivity contribution in [3.8, 4) is 11.3 Å². The second kappa shape index (κ2) is 5.34. The number of hydrogen-bond donors (Lipinski definition) is 2. The molecule has 1 aromatic heterocycles. The van der Waals surface area contributed by atoms with Gasteiger partial charge in [0.15, 0.2) is 0 Å². The minimum absolute atomic E-state index is 0.152. The Bertz CT molecular complexity index is 613. The van der Waals surface area contributed by atoms with Crippen LogP contribution in [0.1, 0.15) is 43.3 Å². The highest BCUT2D eigenvalue weighted by atomic mass is 79.9. The van der Waals surface area contributed by atoms with Gasteiger partial charge in [0.2, 0.25) is 0 Å². The third kappa shape index (κ3) is 2.81. The predicted octanol–water partition coefficient (Wildman–Crippen LogP) is 4.21. The van der Waals surface area contributed by atoms with Gasteiger partial charge in [-0.1, -0.05) is 32.9 Å². The van der Waals surface area contributed by atoms with Crippen LogP contribution in [-0.2, 0) is 12.0 Å². The van der Waals surface area contributed by atoms with Crippen LogP contribution in [0.2, 0.25) is 0 Å². The summed E-state index contributed by atoms with van der Waals surface area (Å²) in [5.74, 6) is 0.797. The van der Waals surface area contributed by atoms with Crippen molar-refractivity contribution in [2.75, 3.05) is 0 Å². The van der Waals surface area contributed by atoms with Crippen LogP contribution in [0.15, 0.2) is 16.7 Å². The number of nitrogens with two attached hydrogens (primary N) is 1. The van der Waals surface area contributed by atoms with E-state index in [-0.39, 0.29) is 5.41 Å². The molecule has 0 fully saturated rings. The zero-order valence-corrected chi connectivity index (χ0v) is 14.4. The number of aromatic nitrogens is 2. The van der Waals surface area contributed by atoms with Gasteiger partial charge in [-0.15, -0.1) is 0 Å². The molecule has 0 radical (unpaired) electrons. The molecule has 3 N–H and O–H groups in total. The quantitative estimate of drug-likeness (QED) is 0.863. The standard InChI is InChI=1S/C16H22BrN3/c1-9-6-11(16(3,4)5)7-10(2)13(9)14-15(17)20-12(8-18)19-14/h6-7H,8,18H2,1-5H3,(H,19,20). The Balaban J connectivity index is 2.61. The van der Waals surface area contributed by atoms with Crippen LogP contribution in [0.5, 0.6) is 0 Å². The van der Waals surface area contributed by atoms with Gasteiger partial charge in [0.25, 0.3) is 0 Å². The summed E-state index contributed by atoms with van der Waals surface area (Å²) in [4.78, 5) is 7.76. The molecular weight excluding hydrogens is 314 g/mol. The maximum atomic E-state index is 5.65. The number of H-pyrrole nitrogens is 1. The van der Waals surface area contributed by atoms with E-state index in [4.69, 9.17) is 5.73 Å². The number of aryl methyl sites for hydroxylation is 2. The number of halogens is 1. The number of rotatable bonds is 2. The van der Waals surface area contributed by atoms with Crippen molar-refractivity contribution >= 4 is 15.9 Å². The highest BCUT2D eigenvalue weighted by Gasteiger charge is 2.19. The van der Waals surface area contributed by atoms with Gasteiger partial charge in [0.1, 0.15) is 16.1 Å². The molecule has 4 heteroatoms. The van der Waals surface area contributed by atoms with E-state index in [1.807, 2.05) is 0 Å². The van der Waals surface area contributed by atoms with Gasteiger partial charge in [-0.3, -0.25) is 0 Å². The first-order valence-corrected chi connectivity index (χ1v) is 7.60. The summed E-state index contributed by atoms with van der Waals surface area (Å²) in [7, 11) is 0. The van der Waals surface area contributed by atoms with E-state index in [0.717, 1.165) is 16.1 Å². The van der Waals surface area contributed by atoms with Gasteiger partial charge >= 0.3 is 0 Å². The number of benzene rings is 1. The summed E-state index contributed by atoms with van der Waals surface area (Å²) >= 11 is 3.55. The molecular formula is C16H22BrN3. The van der Waals surface area contributed by atoms with Gasteiger partial charge in [0, 0.05) is 5.56 Å². The minimum Gasteiger partial charge on any atom is -0.335 e. The fourth-order valence-electron chi connectivity index (χ4n) is 2.43. The minimum atomic E-state index is 0.152. The Morgan fingerprint density at radius 2 is 1.75 bits per heavy atom. The van der Waals surface area contributed by atoms with Crippen molar-refractivity contribution in [2.24, 2.45) is 5.73 Å². The molecule has 3 nitrogen and oxygen atoms in total. The molecule has 0 spiro atoms. The molecule has 0 unspecified atom stereocenters. The lowest BCUT2D eigenvalue weighted by atomic mass is 9.83. The molecule has 0 saturated heterocycles. The Labute approximate surface area is 129 Å². The number of nitrogens with zero attached hydrogens (tertiary/aromatic N) is 1. The second-order valence-electron chi connectivity index (χ2n) is 6.29. The molecule has 1 heterocycles. The normalized spacial score (nSPS) is 11.9. The SMILES string of the molecule is Cc1cc(C(C)(C)C)cc(C)c1-c1nc(CN)[nH]c1Br. The fourth-order valence-corrected chi connectivity index (χ4v) is 2.95. The summed E-state index contributed by atoms with van der Waals surface area (Å²) in [5.41, 5.74) is 11.8. The molecule has 0 aliphatic heterocycles. The molecule has 0 aliphatic rings. The van der Waals surface area contributed by atoms with Crippen molar-refractivity contribution in [1.29, 1.82) is 0 Å². The number of aromatic amines is 1. The van der Waals surface area contributed by atoms with Crippen molar-refractivity contribution in [2.45, 2.75) is 46.6 Å². The Kier molecular flexibility index (Phi) is 4.07. The summed E-state index contributed by atoms with van der Waals surface area (Å²) < 4.78 is 0.896. The zero-order chi connectivity index (χ0) is 15.1. The van der Waals surface area contributed by atoms with Gasteiger partial charge in [0.05, 0.1) is 6.54 Å². The highest BCUT2D eigenvalue weighted by molar-refractivity contribution is 9.10. The van der Waals surface area contributed by atoms with Crippen LogP contribution < -0.4 is 5.73 Å². The van der Waals surface area contributed by atoms with E-state index in [1.165, 1.54) is 22.3 Å². The average Bonchev–Trinajstić information content (AvgIpc) is 2.69. The number of imidazole rings is 1. The molecule has 108 valence electrons. The largest absolute Gasteiger partial charge is 0.335 e. The molecule has 0 bridgehead atoms. The summed E-state index contributed by atoms with van der Waals surface area (Å²) in [6.07, 6.45) is 0. The van der Waals surface area contributed by atoms with E-state index in [1.54, 1.807) is 0 Å². The molecule has 0 saturated carbocycles. The van der Waals surface area contributed by atoms with E-state index in [2.05, 4.69) is 72.6 Å². The lowest BCUT2D eigenvalue weighted by Crippen LogP contribution is -2.12. The number of nitrogens with one attached hydrogen (secondary N) is 1. The maximum Gasteiger partial charge on any atom is 0.121 e. The van der Waals surface area contributed by atoms with E-state index >= 15 is 0 Å². The van der Waals surface area contributed by atoms with Gasteiger partial charge in [-0.05, 0) is 51.9 Å². The third-order valence-electron chi connectivity index (χ3n) is 3.54. The average molecular weight is 336 g/mol. The molecule has 0 atom stereocenters. The Morgan fingerprint density at radius 1 is 1.20 bits per heavy atom. The number of hydrogen-bond acceptors (Lipinski definition) is 2. The van der Waals surface area contributed by atoms with Gasteiger partial charge in [-0.25, -0.2) is 4.98 Å². The van der Waals surface area contributed by atoms with Crippen molar-refractivity contribution in [3.05, 3.63) is 39.3 Å². The van der Waals surface area contributed by atoms with Crippen LogP contribution in [0.25, 0.3) is 11.3 Å². The van der Waals surface area contributed by atoms with Crippen LogP contribution in [0, 0.1) is 13.8 Å². The lowest BCUT2D eigenvalue weighted by Gasteiger charge is -2.22. The smallest absolute Gasteiger partial charge is 0.121 e. The molecule has 2 aromatic rings. The summed E-state index contributed by atoms with van der Waals surface area (Å²) in [6.45, 7) is 11.4. The fraction of sp³-hybridized carbons (Fsp3) is 0.438. The second-order valence-corrected chi connectivity index (χ2v) is 7.08. The Morgan fingerprint density at radius 3 is 2.15 bits per heavy atom. The monoisotopic (exact) mass is 335 g/mol. The van der Waals surface area contributed by atoms with Crippen LogP contribution >= 0.6 is 15.9 Å². The van der Waals surface area contributed by atoms with Crippen LogP contribution in [-0.4, -0.2) is 9.97 Å². The maximum absolute atomic E-state index is 5.65. The van der Waals surface area contributed by atoms with Crippen molar-refractivity contribution in [3.63, 3.8) is 0 Å². The van der Waals surface area contributed by atoms with Crippen LogP contribution in [0.4, 0.5) is 0 Å². The Hall–Kier alpha value is -1.13. The first-order valence-electron chi connectivity index (χ1n) is 6.80. The first-order chi connectivity index (χ1) is 9.24. The molecule has 1 aromatic carbocycles. The van der Waals surface area contributed by atoms with Gasteiger partial charge < -0.3 is 10.7 Å². The lowest BCUT2D eigenvalue weighted by molar-refractivity contribution is 0.589. The van der Waals surface area contributed by atoms with E-state index < -0.39 is 0 Å². The van der Waals surface area contributed by atoms with E-state index in [9.17, 15) is 0 Å². The molecule has 2 rings (SSSR count). The third-order valence-corrected chi connectivity index (χ3v) is 4.11. The molecule has 0 aliphatic carbocycles. The van der Waals surface area contributed by atoms with Crippen LogP contribution in [0.3, 0.4) is 0 Å². The van der Waals surface area contributed by atoms with E-state index in [0.29, 0.717) is 6.54 Å². The predicted molar refractivity (Wildman–Crippen MR) is 87.8 cm³/mol. The van der Waals surface area contributed by atoms with Crippen molar-refractivity contribution in [1.82, 2.24) is 9.97 Å². The highest BCUT2D eigenvalue weighted by Crippen LogP contribution is 2.35. The topological polar surface area (TPSA) is 54.7 Å². The van der Waals surface area contributed by atoms with Gasteiger partial charge in [-0.2, -0.15) is 0 Å².